The normalized spacial score (nSPS) is 12.0. The van der Waals surface area contributed by atoms with Crippen LogP contribution in [0.5, 0.6) is 5.75 Å². The van der Waals surface area contributed by atoms with Gasteiger partial charge in [0.25, 0.3) is 0 Å². The number of hydrogen-bond donors (Lipinski definition) is 0. The lowest BCUT2D eigenvalue weighted by Gasteiger charge is -2.17. The highest BCUT2D eigenvalue weighted by Gasteiger charge is 2.34. The van der Waals surface area contributed by atoms with Crippen LogP contribution in [0.15, 0.2) is 18.2 Å². The highest BCUT2D eigenvalue weighted by atomic mass is 19.4. The summed E-state index contributed by atoms with van der Waals surface area (Å²) in [4.78, 5) is 0. The van der Waals surface area contributed by atoms with Crippen molar-refractivity contribution in [3.8, 4) is 5.75 Å². The van der Waals surface area contributed by atoms with Gasteiger partial charge in [-0.25, -0.2) is 4.39 Å². The number of alkyl halides is 3. The molecule has 0 unspecified atom stereocenters. The fourth-order valence-corrected chi connectivity index (χ4v) is 1.67. The van der Waals surface area contributed by atoms with E-state index in [1.807, 2.05) is 13.8 Å². The standard InChI is InChI=1S/C14H18F4O3/c1-3-19-13(20-4-2)7-8-21-10-5-6-12(15)11(9-10)14(16,17)18/h5-6,9,13H,3-4,7-8H2,1-2H3. The van der Waals surface area contributed by atoms with Crippen molar-refractivity contribution >= 4 is 0 Å². The molecule has 3 nitrogen and oxygen atoms in total. The van der Waals surface area contributed by atoms with Crippen molar-refractivity contribution in [2.24, 2.45) is 0 Å². The van der Waals surface area contributed by atoms with Crippen LogP contribution in [0.2, 0.25) is 0 Å². The van der Waals surface area contributed by atoms with Gasteiger partial charge in [-0.05, 0) is 32.0 Å². The van der Waals surface area contributed by atoms with Crippen molar-refractivity contribution in [1.29, 1.82) is 0 Å². The summed E-state index contributed by atoms with van der Waals surface area (Å²) in [6.07, 6.45) is -4.86. The average molecular weight is 310 g/mol. The topological polar surface area (TPSA) is 27.7 Å². The lowest BCUT2D eigenvalue weighted by atomic mass is 10.2. The molecule has 0 radical (unpaired) electrons. The van der Waals surface area contributed by atoms with Crippen LogP contribution < -0.4 is 4.74 Å². The largest absolute Gasteiger partial charge is 0.493 e. The van der Waals surface area contributed by atoms with Gasteiger partial charge < -0.3 is 14.2 Å². The van der Waals surface area contributed by atoms with E-state index in [2.05, 4.69) is 0 Å². The van der Waals surface area contributed by atoms with E-state index in [-0.39, 0.29) is 12.4 Å². The molecule has 7 heteroatoms. The summed E-state index contributed by atoms with van der Waals surface area (Å²) < 4.78 is 66.5. The van der Waals surface area contributed by atoms with E-state index in [1.54, 1.807) is 0 Å². The fraction of sp³-hybridized carbons (Fsp3) is 0.571. The quantitative estimate of drug-likeness (QED) is 0.536. The second-order valence-electron chi connectivity index (χ2n) is 4.12. The second kappa shape index (κ2) is 8.19. The monoisotopic (exact) mass is 310 g/mol. The fourth-order valence-electron chi connectivity index (χ4n) is 1.67. The molecule has 0 aliphatic heterocycles. The maximum Gasteiger partial charge on any atom is 0.419 e. The smallest absolute Gasteiger partial charge is 0.419 e. The SMILES string of the molecule is CCOC(CCOc1ccc(F)c(C(F)(F)F)c1)OCC. The third kappa shape index (κ3) is 5.89. The first-order valence-corrected chi connectivity index (χ1v) is 6.61. The molecule has 0 amide bonds. The summed E-state index contributed by atoms with van der Waals surface area (Å²) in [5, 5.41) is 0. The van der Waals surface area contributed by atoms with Gasteiger partial charge in [0.15, 0.2) is 6.29 Å². The number of rotatable bonds is 8. The van der Waals surface area contributed by atoms with E-state index in [1.165, 1.54) is 0 Å². The van der Waals surface area contributed by atoms with Crippen LogP contribution in [-0.4, -0.2) is 26.1 Å². The maximum absolute atomic E-state index is 13.1. The number of ether oxygens (including phenoxy) is 3. The van der Waals surface area contributed by atoms with Gasteiger partial charge >= 0.3 is 6.18 Å². The van der Waals surface area contributed by atoms with E-state index < -0.39 is 23.8 Å². The molecule has 0 saturated heterocycles. The molecular weight excluding hydrogens is 292 g/mol. The zero-order valence-corrected chi connectivity index (χ0v) is 11.9. The van der Waals surface area contributed by atoms with E-state index in [0.29, 0.717) is 25.7 Å². The molecule has 0 saturated carbocycles. The molecule has 0 aliphatic rings. The Labute approximate surface area is 120 Å². The average Bonchev–Trinajstić information content (AvgIpc) is 2.40. The van der Waals surface area contributed by atoms with Crippen LogP contribution in [0.1, 0.15) is 25.8 Å². The first kappa shape index (κ1) is 17.7. The summed E-state index contributed by atoms with van der Waals surface area (Å²) in [5.41, 5.74) is -1.34. The molecule has 0 N–H and O–H groups in total. The van der Waals surface area contributed by atoms with Crippen LogP contribution in [0.4, 0.5) is 17.6 Å². The van der Waals surface area contributed by atoms with E-state index in [0.717, 1.165) is 12.1 Å². The van der Waals surface area contributed by atoms with Crippen molar-refractivity contribution in [3.63, 3.8) is 0 Å². The Bertz CT molecular complexity index is 429. The summed E-state index contributed by atoms with van der Waals surface area (Å²) in [6.45, 7) is 4.64. The molecule has 0 bridgehead atoms. The van der Waals surface area contributed by atoms with Crippen molar-refractivity contribution < 1.29 is 31.8 Å². The van der Waals surface area contributed by atoms with Gasteiger partial charge in [0.1, 0.15) is 11.6 Å². The summed E-state index contributed by atoms with van der Waals surface area (Å²) >= 11 is 0. The minimum absolute atomic E-state index is 0.0459. The van der Waals surface area contributed by atoms with E-state index in [4.69, 9.17) is 14.2 Å². The molecule has 21 heavy (non-hydrogen) atoms. The minimum Gasteiger partial charge on any atom is -0.493 e. The lowest BCUT2D eigenvalue weighted by Crippen LogP contribution is -2.20. The van der Waals surface area contributed by atoms with E-state index >= 15 is 0 Å². The van der Waals surface area contributed by atoms with Crippen molar-refractivity contribution in [3.05, 3.63) is 29.6 Å². The summed E-state index contributed by atoms with van der Waals surface area (Å²) in [6, 6.07) is 2.54. The third-order valence-corrected chi connectivity index (χ3v) is 2.57. The van der Waals surface area contributed by atoms with Gasteiger partial charge in [-0.15, -0.1) is 0 Å². The second-order valence-corrected chi connectivity index (χ2v) is 4.12. The molecule has 1 aromatic rings. The number of benzene rings is 1. The minimum atomic E-state index is -4.75. The van der Waals surface area contributed by atoms with Crippen LogP contribution >= 0.6 is 0 Å². The molecule has 0 spiro atoms. The van der Waals surface area contributed by atoms with Crippen LogP contribution in [0.25, 0.3) is 0 Å². The summed E-state index contributed by atoms with van der Waals surface area (Å²) in [5.74, 6) is -1.37. The van der Waals surface area contributed by atoms with Gasteiger partial charge in [-0.3, -0.25) is 0 Å². The Morgan fingerprint density at radius 2 is 1.71 bits per heavy atom. The molecule has 0 fully saturated rings. The van der Waals surface area contributed by atoms with E-state index in [9.17, 15) is 17.6 Å². The van der Waals surface area contributed by atoms with Crippen molar-refractivity contribution in [2.45, 2.75) is 32.7 Å². The van der Waals surface area contributed by atoms with Crippen molar-refractivity contribution in [1.82, 2.24) is 0 Å². The maximum atomic E-state index is 13.1. The molecule has 0 aliphatic carbocycles. The zero-order chi connectivity index (χ0) is 15.9. The molecule has 1 rings (SSSR count). The predicted molar refractivity (Wildman–Crippen MR) is 68.6 cm³/mol. The molecule has 0 atom stereocenters. The molecule has 120 valence electrons. The number of halogens is 4. The van der Waals surface area contributed by atoms with Gasteiger partial charge in [0, 0.05) is 19.6 Å². The molecule has 1 aromatic carbocycles. The van der Waals surface area contributed by atoms with Crippen LogP contribution in [0.3, 0.4) is 0 Å². The Morgan fingerprint density at radius 1 is 1.10 bits per heavy atom. The molecule has 0 heterocycles. The van der Waals surface area contributed by atoms with Gasteiger partial charge in [0.05, 0.1) is 12.2 Å². The first-order chi connectivity index (χ1) is 9.88. The first-order valence-electron chi connectivity index (χ1n) is 6.61. The Kier molecular flexibility index (Phi) is 6.91. The van der Waals surface area contributed by atoms with Crippen LogP contribution in [0, 0.1) is 5.82 Å². The van der Waals surface area contributed by atoms with Gasteiger partial charge in [-0.1, -0.05) is 0 Å². The highest BCUT2D eigenvalue weighted by Crippen LogP contribution is 2.33. The van der Waals surface area contributed by atoms with Crippen molar-refractivity contribution in [2.75, 3.05) is 19.8 Å². The predicted octanol–water partition coefficient (Wildman–Crippen LogP) is 4.01. The Hall–Kier alpha value is -1.34. The highest BCUT2D eigenvalue weighted by molar-refractivity contribution is 5.31. The molecule has 0 aromatic heterocycles. The lowest BCUT2D eigenvalue weighted by molar-refractivity contribution is -0.143. The Morgan fingerprint density at radius 3 is 2.24 bits per heavy atom. The van der Waals surface area contributed by atoms with Gasteiger partial charge in [-0.2, -0.15) is 13.2 Å². The summed E-state index contributed by atoms with van der Waals surface area (Å²) in [7, 11) is 0. The van der Waals surface area contributed by atoms with Gasteiger partial charge in [0.2, 0.25) is 0 Å². The number of hydrogen-bond acceptors (Lipinski definition) is 3. The zero-order valence-electron chi connectivity index (χ0n) is 11.9. The third-order valence-electron chi connectivity index (χ3n) is 2.57. The van der Waals surface area contributed by atoms with Crippen LogP contribution in [-0.2, 0) is 15.7 Å². The Balaban J connectivity index is 2.59. The molecular formula is C14H18F4O3.